The molecule has 0 heterocycles. The van der Waals surface area contributed by atoms with Gasteiger partial charge in [-0.3, -0.25) is 4.79 Å². The quantitative estimate of drug-likeness (QED) is 0.333. The molecule has 110 valence electrons. The largest absolute Gasteiger partial charge is 0.497 e. The summed E-state index contributed by atoms with van der Waals surface area (Å²) in [7, 11) is 1.59. The highest BCUT2D eigenvalue weighted by atomic mass is 32.1. The Morgan fingerprint density at radius 1 is 1.40 bits per heavy atom. The van der Waals surface area contributed by atoms with Gasteiger partial charge < -0.3 is 19.6 Å². The third-order valence-electron chi connectivity index (χ3n) is 2.69. The van der Waals surface area contributed by atoms with E-state index in [1.807, 2.05) is 12.1 Å². The van der Waals surface area contributed by atoms with Crippen molar-refractivity contribution in [2.45, 2.75) is 18.7 Å². The van der Waals surface area contributed by atoms with Crippen molar-refractivity contribution in [2.75, 3.05) is 19.0 Å². The molecule has 0 fully saturated rings. The third kappa shape index (κ3) is 5.13. The fourth-order valence-electron chi connectivity index (χ4n) is 1.61. The number of nitrogens with one attached hydrogen (secondary N) is 1. The number of rotatable bonds is 8. The minimum Gasteiger partial charge on any atom is -0.497 e. The standard InChI is InChI=1S/C14H19NO4S/c1-3-19-13(17)8-10(9-16)14(20)15-11-4-6-12(18-2)7-5-11/h4-7,9-10,14-15,20H,3,8H2,1-2H3. The smallest absolute Gasteiger partial charge is 0.306 e. The lowest BCUT2D eigenvalue weighted by molar-refractivity contribution is -0.145. The van der Waals surface area contributed by atoms with Crippen molar-refractivity contribution in [1.82, 2.24) is 0 Å². The maximum Gasteiger partial charge on any atom is 0.306 e. The number of hydrogen-bond donors (Lipinski definition) is 2. The number of thiol groups is 1. The zero-order valence-electron chi connectivity index (χ0n) is 11.5. The van der Waals surface area contributed by atoms with Crippen molar-refractivity contribution in [2.24, 2.45) is 5.92 Å². The highest BCUT2D eigenvalue weighted by molar-refractivity contribution is 7.81. The summed E-state index contributed by atoms with van der Waals surface area (Å²) in [5.41, 5.74) is 0.793. The molecule has 1 aromatic rings. The Bertz CT molecular complexity index is 435. The number of methoxy groups -OCH3 is 1. The summed E-state index contributed by atoms with van der Waals surface area (Å²) in [5.74, 6) is -0.218. The van der Waals surface area contributed by atoms with Crippen molar-refractivity contribution in [3.8, 4) is 5.75 Å². The van der Waals surface area contributed by atoms with Gasteiger partial charge in [-0.15, -0.1) is 0 Å². The molecule has 1 N–H and O–H groups in total. The monoisotopic (exact) mass is 297 g/mol. The molecular formula is C14H19NO4S. The van der Waals surface area contributed by atoms with Crippen LogP contribution in [0.5, 0.6) is 5.75 Å². The average molecular weight is 297 g/mol. The van der Waals surface area contributed by atoms with Gasteiger partial charge in [-0.25, -0.2) is 0 Å². The topological polar surface area (TPSA) is 64.6 Å². The summed E-state index contributed by atoms with van der Waals surface area (Å²) in [6, 6.07) is 7.22. The molecule has 2 unspecified atom stereocenters. The molecule has 0 aromatic heterocycles. The lowest BCUT2D eigenvalue weighted by atomic mass is 10.1. The number of esters is 1. The predicted molar refractivity (Wildman–Crippen MR) is 80.2 cm³/mol. The van der Waals surface area contributed by atoms with Gasteiger partial charge in [-0.1, -0.05) is 0 Å². The molecule has 6 heteroatoms. The van der Waals surface area contributed by atoms with Crippen LogP contribution in [0.4, 0.5) is 5.69 Å². The van der Waals surface area contributed by atoms with Crippen molar-refractivity contribution in [3.05, 3.63) is 24.3 Å². The molecule has 1 aromatic carbocycles. The third-order valence-corrected chi connectivity index (χ3v) is 3.20. The highest BCUT2D eigenvalue weighted by Gasteiger charge is 2.21. The van der Waals surface area contributed by atoms with Crippen LogP contribution in [0.2, 0.25) is 0 Å². The van der Waals surface area contributed by atoms with Gasteiger partial charge >= 0.3 is 5.97 Å². The minimum atomic E-state index is -0.556. The van der Waals surface area contributed by atoms with Crippen LogP contribution in [0, 0.1) is 5.92 Å². The van der Waals surface area contributed by atoms with Crippen LogP contribution in [0.3, 0.4) is 0 Å². The molecule has 0 aliphatic heterocycles. The fraction of sp³-hybridized carbons (Fsp3) is 0.429. The van der Waals surface area contributed by atoms with Gasteiger partial charge in [-0.05, 0) is 31.2 Å². The molecule has 0 saturated carbocycles. The van der Waals surface area contributed by atoms with Crippen LogP contribution >= 0.6 is 12.6 Å². The van der Waals surface area contributed by atoms with Gasteiger partial charge in [0, 0.05) is 5.69 Å². The summed E-state index contributed by atoms with van der Waals surface area (Å²) in [4.78, 5) is 22.5. The molecular weight excluding hydrogens is 278 g/mol. The minimum absolute atomic E-state index is 0.00859. The first-order chi connectivity index (χ1) is 9.60. The van der Waals surface area contributed by atoms with E-state index in [9.17, 15) is 9.59 Å². The van der Waals surface area contributed by atoms with Crippen molar-refractivity contribution < 1.29 is 19.1 Å². The number of ether oxygens (including phenoxy) is 2. The number of anilines is 1. The SMILES string of the molecule is CCOC(=O)CC(C=O)C(S)Nc1ccc(OC)cc1. The molecule has 0 saturated heterocycles. The zero-order valence-corrected chi connectivity index (χ0v) is 12.4. The molecule has 0 amide bonds. The molecule has 0 aliphatic carbocycles. The second-order valence-electron chi connectivity index (χ2n) is 4.13. The van der Waals surface area contributed by atoms with Crippen molar-refractivity contribution >= 4 is 30.6 Å². The summed E-state index contributed by atoms with van der Waals surface area (Å²) in [6.07, 6.45) is 0.722. The van der Waals surface area contributed by atoms with Gasteiger partial charge in [0.05, 0.1) is 31.4 Å². The van der Waals surface area contributed by atoms with Crippen LogP contribution < -0.4 is 10.1 Å². The zero-order chi connectivity index (χ0) is 15.0. The van der Waals surface area contributed by atoms with Crippen LogP contribution in [-0.2, 0) is 14.3 Å². The van der Waals surface area contributed by atoms with E-state index in [4.69, 9.17) is 9.47 Å². The number of hydrogen-bond acceptors (Lipinski definition) is 6. The summed E-state index contributed by atoms with van der Waals surface area (Å²) in [6.45, 7) is 2.02. The van der Waals surface area contributed by atoms with E-state index in [2.05, 4.69) is 17.9 Å². The number of benzene rings is 1. The second-order valence-corrected chi connectivity index (χ2v) is 4.68. The van der Waals surface area contributed by atoms with Crippen LogP contribution in [0.1, 0.15) is 13.3 Å². The van der Waals surface area contributed by atoms with E-state index >= 15 is 0 Å². The van der Waals surface area contributed by atoms with Crippen molar-refractivity contribution in [1.29, 1.82) is 0 Å². The Labute approximate surface area is 124 Å². The maximum absolute atomic E-state index is 11.4. The van der Waals surface area contributed by atoms with Gasteiger partial charge in [-0.2, -0.15) is 12.6 Å². The lowest BCUT2D eigenvalue weighted by Gasteiger charge is -2.20. The van der Waals surface area contributed by atoms with Gasteiger partial charge in [0.2, 0.25) is 0 Å². The molecule has 1 rings (SSSR count). The Hall–Kier alpha value is -1.69. The number of carbonyl (C=O) groups excluding carboxylic acids is 2. The summed E-state index contributed by atoms with van der Waals surface area (Å²) >= 11 is 4.33. The lowest BCUT2D eigenvalue weighted by Crippen LogP contribution is -2.27. The fourth-order valence-corrected chi connectivity index (χ4v) is 1.94. The molecule has 2 atom stereocenters. The Morgan fingerprint density at radius 2 is 2.05 bits per heavy atom. The molecule has 0 radical (unpaired) electrons. The van der Waals surface area contributed by atoms with E-state index < -0.39 is 17.3 Å². The first-order valence-electron chi connectivity index (χ1n) is 6.30. The van der Waals surface area contributed by atoms with E-state index in [1.54, 1.807) is 26.2 Å². The second kappa shape index (κ2) is 8.47. The molecule has 0 spiro atoms. The van der Waals surface area contributed by atoms with E-state index in [1.165, 1.54) is 0 Å². The Kier molecular flexibility index (Phi) is 6.93. The van der Waals surface area contributed by atoms with E-state index in [-0.39, 0.29) is 6.42 Å². The maximum atomic E-state index is 11.4. The highest BCUT2D eigenvalue weighted by Crippen LogP contribution is 2.20. The molecule has 0 bridgehead atoms. The first-order valence-corrected chi connectivity index (χ1v) is 6.82. The Morgan fingerprint density at radius 3 is 2.55 bits per heavy atom. The molecule has 20 heavy (non-hydrogen) atoms. The van der Waals surface area contributed by atoms with Crippen LogP contribution in [0.15, 0.2) is 24.3 Å². The van der Waals surface area contributed by atoms with Crippen LogP contribution in [0.25, 0.3) is 0 Å². The first kappa shape index (κ1) is 16.4. The number of aldehydes is 1. The van der Waals surface area contributed by atoms with Gasteiger partial charge in [0.15, 0.2) is 0 Å². The summed E-state index contributed by atoms with van der Waals surface area (Å²) in [5, 5.41) is 2.59. The molecule has 5 nitrogen and oxygen atoms in total. The van der Waals surface area contributed by atoms with Gasteiger partial charge in [0.1, 0.15) is 12.0 Å². The average Bonchev–Trinajstić information content (AvgIpc) is 2.45. The van der Waals surface area contributed by atoms with Gasteiger partial charge in [0.25, 0.3) is 0 Å². The predicted octanol–water partition coefficient (Wildman–Crippen LogP) is 2.13. The van der Waals surface area contributed by atoms with Crippen molar-refractivity contribution in [3.63, 3.8) is 0 Å². The number of carbonyl (C=O) groups is 2. The normalized spacial score (nSPS) is 13.2. The molecule has 0 aliphatic rings. The van der Waals surface area contributed by atoms with E-state index in [0.717, 1.165) is 11.4 Å². The van der Waals surface area contributed by atoms with E-state index in [0.29, 0.717) is 12.9 Å². The van der Waals surface area contributed by atoms with Crippen LogP contribution in [-0.4, -0.2) is 31.3 Å². The summed E-state index contributed by atoms with van der Waals surface area (Å²) < 4.78 is 9.89. The Balaban J connectivity index is 2.59.